The number of carbonyl (C=O) groups excluding carboxylic acids is 1. The molecule has 19 heavy (non-hydrogen) atoms. The van der Waals surface area contributed by atoms with E-state index >= 15 is 0 Å². The van der Waals surface area contributed by atoms with Gasteiger partial charge in [0, 0.05) is 18.7 Å². The fourth-order valence-corrected chi connectivity index (χ4v) is 1.97. The predicted molar refractivity (Wildman–Crippen MR) is 80.2 cm³/mol. The van der Waals surface area contributed by atoms with E-state index in [0.29, 0.717) is 19.6 Å². The molecule has 3 nitrogen and oxygen atoms in total. The summed E-state index contributed by atoms with van der Waals surface area (Å²) in [5.41, 5.74) is 7.71. The SMILES string of the molecule is CCc1ccc(C(=O)N(CC)CC(C)(C)CN)cc1. The quantitative estimate of drug-likeness (QED) is 0.856. The van der Waals surface area contributed by atoms with Gasteiger partial charge in [-0.05, 0) is 43.0 Å². The topological polar surface area (TPSA) is 46.3 Å². The first kappa shape index (κ1) is 15.7. The average Bonchev–Trinajstić information content (AvgIpc) is 2.44. The Morgan fingerprint density at radius 1 is 1.21 bits per heavy atom. The lowest BCUT2D eigenvalue weighted by Crippen LogP contribution is -2.41. The third kappa shape index (κ3) is 4.35. The van der Waals surface area contributed by atoms with Gasteiger partial charge in [-0.3, -0.25) is 4.79 Å². The molecule has 1 amide bonds. The molecule has 0 bridgehead atoms. The molecule has 2 N–H and O–H groups in total. The van der Waals surface area contributed by atoms with Crippen LogP contribution in [0.3, 0.4) is 0 Å². The van der Waals surface area contributed by atoms with Crippen molar-refractivity contribution in [2.75, 3.05) is 19.6 Å². The van der Waals surface area contributed by atoms with Gasteiger partial charge in [0.1, 0.15) is 0 Å². The molecule has 0 spiro atoms. The highest BCUT2D eigenvalue weighted by molar-refractivity contribution is 5.94. The van der Waals surface area contributed by atoms with E-state index in [1.165, 1.54) is 5.56 Å². The third-order valence-electron chi connectivity index (χ3n) is 3.45. The van der Waals surface area contributed by atoms with E-state index in [4.69, 9.17) is 5.73 Å². The maximum Gasteiger partial charge on any atom is 0.253 e. The van der Waals surface area contributed by atoms with Gasteiger partial charge >= 0.3 is 0 Å². The molecule has 0 fully saturated rings. The monoisotopic (exact) mass is 262 g/mol. The molecule has 0 aliphatic heterocycles. The van der Waals surface area contributed by atoms with Crippen LogP contribution in [0.1, 0.15) is 43.6 Å². The molecule has 0 aliphatic rings. The van der Waals surface area contributed by atoms with Crippen molar-refractivity contribution >= 4 is 5.91 Å². The normalized spacial score (nSPS) is 11.4. The molecule has 0 atom stereocenters. The lowest BCUT2D eigenvalue weighted by atomic mass is 9.93. The van der Waals surface area contributed by atoms with Crippen molar-refractivity contribution in [1.29, 1.82) is 0 Å². The largest absolute Gasteiger partial charge is 0.338 e. The summed E-state index contributed by atoms with van der Waals surface area (Å²) in [6, 6.07) is 7.88. The minimum Gasteiger partial charge on any atom is -0.338 e. The number of nitrogens with two attached hydrogens (primary N) is 1. The van der Waals surface area contributed by atoms with E-state index in [9.17, 15) is 4.79 Å². The highest BCUT2D eigenvalue weighted by atomic mass is 16.2. The number of hydrogen-bond acceptors (Lipinski definition) is 2. The van der Waals surface area contributed by atoms with Crippen molar-refractivity contribution in [1.82, 2.24) is 4.90 Å². The number of nitrogens with zero attached hydrogens (tertiary/aromatic N) is 1. The maximum absolute atomic E-state index is 12.5. The summed E-state index contributed by atoms with van der Waals surface area (Å²) >= 11 is 0. The Labute approximate surface area is 116 Å². The van der Waals surface area contributed by atoms with Crippen molar-refractivity contribution in [3.63, 3.8) is 0 Å². The van der Waals surface area contributed by atoms with Gasteiger partial charge in [0.05, 0.1) is 0 Å². The third-order valence-corrected chi connectivity index (χ3v) is 3.45. The summed E-state index contributed by atoms with van der Waals surface area (Å²) in [7, 11) is 0. The van der Waals surface area contributed by atoms with Gasteiger partial charge in [-0.15, -0.1) is 0 Å². The van der Waals surface area contributed by atoms with Crippen LogP contribution < -0.4 is 5.73 Å². The van der Waals surface area contributed by atoms with Gasteiger partial charge in [-0.25, -0.2) is 0 Å². The summed E-state index contributed by atoms with van der Waals surface area (Å²) in [5.74, 6) is 0.0895. The summed E-state index contributed by atoms with van der Waals surface area (Å²) in [5, 5.41) is 0. The Bertz CT molecular complexity index is 409. The van der Waals surface area contributed by atoms with Crippen molar-refractivity contribution in [3.05, 3.63) is 35.4 Å². The molecule has 3 heteroatoms. The van der Waals surface area contributed by atoms with Crippen molar-refractivity contribution < 1.29 is 4.79 Å². The molecule has 0 saturated carbocycles. The fraction of sp³-hybridized carbons (Fsp3) is 0.562. The van der Waals surface area contributed by atoms with Gasteiger partial charge in [-0.1, -0.05) is 32.9 Å². The molecule has 106 valence electrons. The number of rotatable bonds is 6. The van der Waals surface area contributed by atoms with Crippen LogP contribution in [-0.4, -0.2) is 30.4 Å². The van der Waals surface area contributed by atoms with Crippen LogP contribution in [-0.2, 0) is 6.42 Å². The van der Waals surface area contributed by atoms with Crippen molar-refractivity contribution in [2.45, 2.75) is 34.1 Å². The number of benzene rings is 1. The van der Waals surface area contributed by atoms with Crippen LogP contribution in [0.15, 0.2) is 24.3 Å². The van der Waals surface area contributed by atoms with Gasteiger partial charge in [0.15, 0.2) is 0 Å². The Morgan fingerprint density at radius 3 is 2.21 bits per heavy atom. The summed E-state index contributed by atoms with van der Waals surface area (Å²) in [4.78, 5) is 14.3. The average molecular weight is 262 g/mol. The number of carbonyl (C=O) groups is 1. The first-order valence-electron chi connectivity index (χ1n) is 7.01. The highest BCUT2D eigenvalue weighted by Crippen LogP contribution is 2.17. The molecule has 0 aliphatic carbocycles. The van der Waals surface area contributed by atoms with Crippen LogP contribution in [0, 0.1) is 5.41 Å². The zero-order valence-corrected chi connectivity index (χ0v) is 12.6. The minimum atomic E-state index is -0.0466. The molecule has 0 saturated heterocycles. The number of hydrogen-bond donors (Lipinski definition) is 1. The zero-order valence-electron chi connectivity index (χ0n) is 12.6. The lowest BCUT2D eigenvalue weighted by Gasteiger charge is -2.31. The van der Waals surface area contributed by atoms with Gasteiger partial charge < -0.3 is 10.6 Å². The molecule has 0 heterocycles. The van der Waals surface area contributed by atoms with E-state index in [-0.39, 0.29) is 11.3 Å². The van der Waals surface area contributed by atoms with Gasteiger partial charge in [0.25, 0.3) is 5.91 Å². The molecule has 0 unspecified atom stereocenters. The molecular formula is C16H26N2O. The fourth-order valence-electron chi connectivity index (χ4n) is 1.97. The summed E-state index contributed by atoms with van der Waals surface area (Å²) in [6.07, 6.45) is 0.992. The highest BCUT2D eigenvalue weighted by Gasteiger charge is 2.23. The van der Waals surface area contributed by atoms with Crippen LogP contribution in [0.5, 0.6) is 0 Å². The molecular weight excluding hydrogens is 236 g/mol. The first-order valence-corrected chi connectivity index (χ1v) is 7.01. The van der Waals surface area contributed by atoms with Gasteiger partial charge in [0.2, 0.25) is 0 Å². The second-order valence-corrected chi connectivity index (χ2v) is 5.74. The molecule has 1 aromatic rings. The van der Waals surface area contributed by atoms with Crippen LogP contribution in [0.25, 0.3) is 0 Å². The second kappa shape index (κ2) is 6.71. The Hall–Kier alpha value is -1.35. The molecule has 0 aromatic heterocycles. The zero-order chi connectivity index (χ0) is 14.5. The molecule has 1 rings (SSSR count). The molecule has 0 radical (unpaired) electrons. The molecule has 1 aromatic carbocycles. The standard InChI is InChI=1S/C16H26N2O/c1-5-13-7-9-14(10-8-13)15(19)18(6-2)12-16(3,4)11-17/h7-10H,5-6,11-12,17H2,1-4H3. The van der Waals surface area contributed by atoms with E-state index in [0.717, 1.165) is 12.0 Å². The summed E-state index contributed by atoms with van der Waals surface area (Å²) < 4.78 is 0. The van der Waals surface area contributed by atoms with E-state index in [2.05, 4.69) is 20.8 Å². The Kier molecular flexibility index (Phi) is 5.55. The maximum atomic E-state index is 12.5. The Morgan fingerprint density at radius 2 is 1.79 bits per heavy atom. The Balaban J connectivity index is 2.83. The predicted octanol–water partition coefficient (Wildman–Crippen LogP) is 2.70. The lowest BCUT2D eigenvalue weighted by molar-refractivity contribution is 0.0701. The van der Waals surface area contributed by atoms with Gasteiger partial charge in [-0.2, -0.15) is 0 Å². The van der Waals surface area contributed by atoms with Crippen molar-refractivity contribution in [3.8, 4) is 0 Å². The summed E-state index contributed by atoms with van der Waals surface area (Å²) in [6.45, 7) is 10.3. The van der Waals surface area contributed by atoms with Crippen LogP contribution >= 0.6 is 0 Å². The minimum absolute atomic E-state index is 0.0466. The second-order valence-electron chi connectivity index (χ2n) is 5.74. The first-order chi connectivity index (χ1) is 8.93. The van der Waals surface area contributed by atoms with E-state index < -0.39 is 0 Å². The van der Waals surface area contributed by atoms with E-state index in [1.54, 1.807) is 0 Å². The number of aryl methyl sites for hydroxylation is 1. The van der Waals surface area contributed by atoms with Crippen LogP contribution in [0.2, 0.25) is 0 Å². The van der Waals surface area contributed by atoms with Crippen molar-refractivity contribution in [2.24, 2.45) is 11.1 Å². The smallest absolute Gasteiger partial charge is 0.253 e. The van der Waals surface area contributed by atoms with E-state index in [1.807, 2.05) is 36.1 Å². The number of amides is 1. The van der Waals surface area contributed by atoms with Crippen LogP contribution in [0.4, 0.5) is 0 Å².